The molecule has 0 aliphatic carbocycles. The van der Waals surface area contributed by atoms with Crippen LogP contribution < -0.4 is 16.4 Å². The van der Waals surface area contributed by atoms with Gasteiger partial charge in [0.05, 0.1) is 0 Å². The van der Waals surface area contributed by atoms with E-state index < -0.39 is 0 Å². The molecule has 0 fully saturated rings. The van der Waals surface area contributed by atoms with Crippen LogP contribution in [0.15, 0.2) is 48.5 Å². The second-order valence-electron chi connectivity index (χ2n) is 4.61. The van der Waals surface area contributed by atoms with Gasteiger partial charge in [-0.15, -0.1) is 0 Å². The quantitative estimate of drug-likeness (QED) is 0.713. The van der Waals surface area contributed by atoms with Crippen LogP contribution in [0.1, 0.15) is 5.56 Å². The van der Waals surface area contributed by atoms with Crippen molar-refractivity contribution in [2.75, 3.05) is 30.1 Å². The molecule has 5 heteroatoms. The van der Waals surface area contributed by atoms with Crippen molar-refractivity contribution in [3.05, 3.63) is 54.1 Å². The lowest BCUT2D eigenvalue weighted by Gasteiger charge is -2.10. The first-order valence-corrected chi connectivity index (χ1v) is 6.65. The van der Waals surface area contributed by atoms with Crippen molar-refractivity contribution < 1.29 is 9.53 Å². The second kappa shape index (κ2) is 7.31. The molecule has 2 aromatic rings. The molecular weight excluding hydrogens is 266 g/mol. The number of rotatable bonds is 6. The highest BCUT2D eigenvalue weighted by Crippen LogP contribution is 2.17. The van der Waals surface area contributed by atoms with Crippen LogP contribution >= 0.6 is 0 Å². The number of anilines is 3. The lowest BCUT2D eigenvalue weighted by atomic mass is 10.2. The van der Waals surface area contributed by atoms with Gasteiger partial charge in [-0.3, -0.25) is 4.79 Å². The molecule has 5 nitrogen and oxygen atoms in total. The molecular formula is C16H19N3O2. The normalized spacial score (nSPS) is 10.1. The molecule has 0 saturated heterocycles. The minimum absolute atomic E-state index is 0.0399. The Labute approximate surface area is 124 Å². The van der Waals surface area contributed by atoms with Crippen molar-refractivity contribution in [1.82, 2.24) is 0 Å². The Morgan fingerprint density at radius 1 is 1.14 bits per heavy atom. The molecule has 2 aromatic carbocycles. The lowest BCUT2D eigenvalue weighted by Crippen LogP contribution is -2.17. The number of para-hydroxylation sites is 1. The van der Waals surface area contributed by atoms with Gasteiger partial charge in [-0.2, -0.15) is 0 Å². The highest BCUT2D eigenvalue weighted by molar-refractivity contribution is 5.92. The van der Waals surface area contributed by atoms with E-state index in [1.54, 1.807) is 0 Å². The molecule has 0 aliphatic rings. The Bertz CT molecular complexity index is 614. The summed E-state index contributed by atoms with van der Waals surface area (Å²) in [6.45, 7) is 0.667. The minimum Gasteiger partial charge on any atom is -0.398 e. The van der Waals surface area contributed by atoms with Gasteiger partial charge < -0.3 is 21.1 Å². The van der Waals surface area contributed by atoms with E-state index in [0.717, 1.165) is 22.6 Å². The predicted molar refractivity (Wildman–Crippen MR) is 85.1 cm³/mol. The molecule has 0 radical (unpaired) electrons. The van der Waals surface area contributed by atoms with Crippen LogP contribution in [0.5, 0.6) is 0 Å². The first-order valence-electron chi connectivity index (χ1n) is 6.65. The van der Waals surface area contributed by atoms with Crippen LogP contribution in [0, 0.1) is 0 Å². The van der Waals surface area contributed by atoms with Gasteiger partial charge in [-0.25, -0.2) is 0 Å². The van der Waals surface area contributed by atoms with Crippen LogP contribution in [-0.4, -0.2) is 19.6 Å². The fourth-order valence-corrected chi connectivity index (χ4v) is 1.93. The van der Waals surface area contributed by atoms with E-state index in [2.05, 4.69) is 10.6 Å². The monoisotopic (exact) mass is 285 g/mol. The van der Waals surface area contributed by atoms with Crippen LogP contribution in [-0.2, 0) is 16.1 Å². The fraction of sp³-hybridized carbons (Fsp3) is 0.188. The van der Waals surface area contributed by atoms with E-state index in [0.29, 0.717) is 6.54 Å². The zero-order valence-electron chi connectivity index (χ0n) is 11.9. The standard InChI is InChI=1S/C16H19N3O2/c1-21-11-16(20)19-14-7-4-6-13(9-14)18-10-12-5-2-3-8-15(12)17/h2-9,18H,10-11,17H2,1H3,(H,19,20). The van der Waals surface area contributed by atoms with E-state index in [-0.39, 0.29) is 12.5 Å². The summed E-state index contributed by atoms with van der Waals surface area (Å²) >= 11 is 0. The molecule has 110 valence electrons. The van der Waals surface area contributed by atoms with Crippen molar-refractivity contribution in [1.29, 1.82) is 0 Å². The Hall–Kier alpha value is -2.53. The summed E-state index contributed by atoms with van der Waals surface area (Å²) in [6, 6.07) is 15.2. The predicted octanol–water partition coefficient (Wildman–Crippen LogP) is 2.47. The average Bonchev–Trinajstić information content (AvgIpc) is 2.47. The van der Waals surface area contributed by atoms with Crippen LogP contribution in [0.2, 0.25) is 0 Å². The summed E-state index contributed by atoms with van der Waals surface area (Å²) < 4.78 is 4.78. The number of nitrogens with two attached hydrogens (primary N) is 1. The van der Waals surface area contributed by atoms with Gasteiger partial charge in [0, 0.05) is 30.7 Å². The van der Waals surface area contributed by atoms with Crippen molar-refractivity contribution in [2.45, 2.75) is 6.54 Å². The number of nitrogens with one attached hydrogen (secondary N) is 2. The number of nitrogen functional groups attached to an aromatic ring is 1. The number of hydrogen-bond donors (Lipinski definition) is 3. The van der Waals surface area contributed by atoms with Crippen molar-refractivity contribution >= 4 is 23.0 Å². The fourth-order valence-electron chi connectivity index (χ4n) is 1.93. The average molecular weight is 285 g/mol. The van der Waals surface area contributed by atoms with E-state index in [4.69, 9.17) is 10.5 Å². The zero-order valence-corrected chi connectivity index (χ0v) is 11.9. The van der Waals surface area contributed by atoms with Gasteiger partial charge in [0.15, 0.2) is 0 Å². The summed E-state index contributed by atoms with van der Waals surface area (Å²) in [5, 5.41) is 6.05. The third kappa shape index (κ3) is 4.50. The number of methoxy groups -OCH3 is 1. The third-order valence-electron chi connectivity index (χ3n) is 2.96. The molecule has 0 unspecified atom stereocenters. The SMILES string of the molecule is COCC(=O)Nc1cccc(NCc2ccccc2N)c1. The number of amides is 1. The first kappa shape index (κ1) is 14.9. The van der Waals surface area contributed by atoms with Crippen molar-refractivity contribution in [3.8, 4) is 0 Å². The molecule has 1 amide bonds. The van der Waals surface area contributed by atoms with E-state index in [9.17, 15) is 4.79 Å². The van der Waals surface area contributed by atoms with Gasteiger partial charge in [-0.05, 0) is 29.8 Å². The maximum absolute atomic E-state index is 11.5. The van der Waals surface area contributed by atoms with Gasteiger partial charge in [-0.1, -0.05) is 24.3 Å². The number of benzene rings is 2. The molecule has 2 rings (SSSR count). The number of carbonyl (C=O) groups is 1. The molecule has 0 saturated carbocycles. The van der Waals surface area contributed by atoms with E-state index in [1.807, 2.05) is 48.5 Å². The summed E-state index contributed by atoms with van der Waals surface area (Å²) in [5.74, 6) is -0.179. The largest absolute Gasteiger partial charge is 0.398 e. The molecule has 4 N–H and O–H groups in total. The Balaban J connectivity index is 1.98. The number of hydrogen-bond acceptors (Lipinski definition) is 4. The lowest BCUT2D eigenvalue weighted by molar-refractivity contribution is -0.119. The number of carbonyl (C=O) groups excluding carboxylic acids is 1. The molecule has 0 aromatic heterocycles. The molecule has 0 heterocycles. The van der Waals surface area contributed by atoms with Crippen molar-refractivity contribution in [2.24, 2.45) is 0 Å². The number of ether oxygens (including phenoxy) is 1. The molecule has 21 heavy (non-hydrogen) atoms. The summed E-state index contributed by atoms with van der Waals surface area (Å²) in [5.41, 5.74) is 9.33. The van der Waals surface area contributed by atoms with Gasteiger partial charge >= 0.3 is 0 Å². The van der Waals surface area contributed by atoms with E-state index >= 15 is 0 Å². The Morgan fingerprint density at radius 3 is 2.67 bits per heavy atom. The molecule has 0 atom stereocenters. The second-order valence-corrected chi connectivity index (χ2v) is 4.61. The summed E-state index contributed by atoms with van der Waals surface area (Å²) in [7, 11) is 1.49. The maximum atomic E-state index is 11.5. The van der Waals surface area contributed by atoms with Gasteiger partial charge in [0.1, 0.15) is 6.61 Å². The Kier molecular flexibility index (Phi) is 5.17. The first-order chi connectivity index (χ1) is 10.2. The molecule has 0 spiro atoms. The third-order valence-corrected chi connectivity index (χ3v) is 2.96. The van der Waals surface area contributed by atoms with E-state index in [1.165, 1.54) is 7.11 Å². The zero-order chi connectivity index (χ0) is 15.1. The highest BCUT2D eigenvalue weighted by atomic mass is 16.5. The van der Waals surface area contributed by atoms with Crippen LogP contribution in [0.25, 0.3) is 0 Å². The maximum Gasteiger partial charge on any atom is 0.250 e. The van der Waals surface area contributed by atoms with Crippen LogP contribution in [0.3, 0.4) is 0 Å². The Morgan fingerprint density at radius 2 is 1.90 bits per heavy atom. The van der Waals surface area contributed by atoms with Gasteiger partial charge in [0.25, 0.3) is 0 Å². The highest BCUT2D eigenvalue weighted by Gasteiger charge is 2.02. The summed E-state index contributed by atoms with van der Waals surface area (Å²) in [4.78, 5) is 11.5. The molecule has 0 aliphatic heterocycles. The van der Waals surface area contributed by atoms with Gasteiger partial charge in [0.2, 0.25) is 5.91 Å². The topological polar surface area (TPSA) is 76.4 Å². The molecule has 0 bridgehead atoms. The summed E-state index contributed by atoms with van der Waals surface area (Å²) in [6.07, 6.45) is 0. The minimum atomic E-state index is -0.179. The smallest absolute Gasteiger partial charge is 0.250 e. The van der Waals surface area contributed by atoms with Crippen molar-refractivity contribution in [3.63, 3.8) is 0 Å². The van der Waals surface area contributed by atoms with Crippen LogP contribution in [0.4, 0.5) is 17.1 Å².